The highest BCUT2D eigenvalue weighted by molar-refractivity contribution is 5.80. The smallest absolute Gasteiger partial charge is 0.137 e. The molecule has 0 spiro atoms. The van der Waals surface area contributed by atoms with Crippen LogP contribution >= 0.6 is 0 Å². The monoisotopic (exact) mass is 379 g/mol. The minimum absolute atomic E-state index is 0.201. The fraction of sp³-hybridized carbons (Fsp3) is 0.348. The van der Waals surface area contributed by atoms with Crippen LogP contribution < -0.4 is 14.8 Å². The van der Waals surface area contributed by atoms with Crippen LogP contribution in [0.1, 0.15) is 19.8 Å². The molecule has 2 aromatic carbocycles. The van der Waals surface area contributed by atoms with Crippen molar-refractivity contribution in [3.05, 3.63) is 53.9 Å². The van der Waals surface area contributed by atoms with Gasteiger partial charge < -0.3 is 18.6 Å². The van der Waals surface area contributed by atoms with Gasteiger partial charge >= 0.3 is 0 Å². The van der Waals surface area contributed by atoms with Gasteiger partial charge in [-0.1, -0.05) is 0 Å². The van der Waals surface area contributed by atoms with Gasteiger partial charge in [-0.15, -0.1) is 0 Å². The van der Waals surface area contributed by atoms with Crippen LogP contribution in [0.25, 0.3) is 22.3 Å². The minimum Gasteiger partial charge on any atom is -0.497 e. The molecule has 0 aliphatic carbocycles. The summed E-state index contributed by atoms with van der Waals surface area (Å²) in [5, 5.41) is 1.84. The van der Waals surface area contributed by atoms with Gasteiger partial charge in [0.25, 0.3) is 0 Å². The number of ether oxygens (including phenoxy) is 3. The number of fused-ring (bicyclic) bond motifs is 1. The SMILES string of the molecule is CCOc1ccc2oc(-c3ccc(OC)cc3)cc(=NC[C@H]3CCCO3)c2c1. The maximum Gasteiger partial charge on any atom is 0.137 e. The molecule has 0 amide bonds. The topological polar surface area (TPSA) is 53.2 Å². The number of benzene rings is 2. The lowest BCUT2D eigenvalue weighted by atomic mass is 10.1. The Labute approximate surface area is 164 Å². The molecule has 1 saturated heterocycles. The van der Waals surface area contributed by atoms with Gasteiger partial charge in [0.2, 0.25) is 0 Å². The summed E-state index contributed by atoms with van der Waals surface area (Å²) in [6, 6.07) is 15.7. The lowest BCUT2D eigenvalue weighted by Gasteiger charge is -2.09. The van der Waals surface area contributed by atoms with Gasteiger partial charge in [-0.25, -0.2) is 0 Å². The van der Waals surface area contributed by atoms with Crippen molar-refractivity contribution in [2.75, 3.05) is 26.9 Å². The third kappa shape index (κ3) is 4.04. The largest absolute Gasteiger partial charge is 0.497 e. The van der Waals surface area contributed by atoms with Crippen molar-refractivity contribution in [3.8, 4) is 22.8 Å². The predicted molar refractivity (Wildman–Crippen MR) is 109 cm³/mol. The Bertz CT molecular complexity index is 1000. The van der Waals surface area contributed by atoms with E-state index in [1.165, 1.54) is 0 Å². The summed E-state index contributed by atoms with van der Waals surface area (Å²) < 4.78 is 22.8. The second-order valence-corrected chi connectivity index (χ2v) is 6.79. The Morgan fingerprint density at radius 1 is 1.07 bits per heavy atom. The first-order valence-corrected chi connectivity index (χ1v) is 9.74. The Morgan fingerprint density at radius 3 is 2.61 bits per heavy atom. The summed E-state index contributed by atoms with van der Waals surface area (Å²) in [6.45, 7) is 4.08. The van der Waals surface area contributed by atoms with Crippen LogP contribution in [0.3, 0.4) is 0 Å². The Morgan fingerprint density at radius 2 is 1.89 bits per heavy atom. The second-order valence-electron chi connectivity index (χ2n) is 6.79. The molecule has 5 heteroatoms. The first-order chi connectivity index (χ1) is 13.8. The van der Waals surface area contributed by atoms with Gasteiger partial charge in [-0.05, 0) is 62.2 Å². The van der Waals surface area contributed by atoms with Crippen molar-refractivity contribution in [3.63, 3.8) is 0 Å². The van der Waals surface area contributed by atoms with Gasteiger partial charge in [0, 0.05) is 23.6 Å². The summed E-state index contributed by atoms with van der Waals surface area (Å²) >= 11 is 0. The molecule has 4 rings (SSSR count). The summed E-state index contributed by atoms with van der Waals surface area (Å²) in [5.74, 6) is 2.40. The van der Waals surface area contributed by atoms with Crippen molar-refractivity contribution in [1.29, 1.82) is 0 Å². The van der Waals surface area contributed by atoms with Gasteiger partial charge in [-0.2, -0.15) is 0 Å². The molecular formula is C23H25NO4. The molecule has 0 bridgehead atoms. The van der Waals surface area contributed by atoms with Crippen LogP contribution in [0.5, 0.6) is 11.5 Å². The van der Waals surface area contributed by atoms with Crippen LogP contribution in [0.15, 0.2) is 57.9 Å². The summed E-state index contributed by atoms with van der Waals surface area (Å²) in [4.78, 5) is 4.87. The number of methoxy groups -OCH3 is 1. The van der Waals surface area contributed by atoms with Gasteiger partial charge in [-0.3, -0.25) is 4.99 Å². The zero-order chi connectivity index (χ0) is 19.3. The highest BCUT2D eigenvalue weighted by Crippen LogP contribution is 2.26. The highest BCUT2D eigenvalue weighted by Gasteiger charge is 2.15. The number of hydrogen-bond donors (Lipinski definition) is 0. The molecule has 28 heavy (non-hydrogen) atoms. The van der Waals surface area contributed by atoms with E-state index >= 15 is 0 Å². The molecule has 1 aromatic heterocycles. The molecule has 0 N–H and O–H groups in total. The summed E-state index contributed by atoms with van der Waals surface area (Å²) in [5.41, 5.74) is 1.76. The van der Waals surface area contributed by atoms with Crippen molar-refractivity contribution in [2.45, 2.75) is 25.9 Å². The van der Waals surface area contributed by atoms with E-state index in [4.69, 9.17) is 23.6 Å². The van der Waals surface area contributed by atoms with Crippen molar-refractivity contribution in [2.24, 2.45) is 4.99 Å². The van der Waals surface area contributed by atoms with Crippen LogP contribution in [0.2, 0.25) is 0 Å². The van der Waals surface area contributed by atoms with E-state index in [9.17, 15) is 0 Å². The first kappa shape index (κ1) is 18.6. The second kappa shape index (κ2) is 8.48. The van der Waals surface area contributed by atoms with E-state index in [1.807, 2.05) is 55.5 Å². The van der Waals surface area contributed by atoms with Crippen LogP contribution in [-0.4, -0.2) is 33.0 Å². The third-order valence-electron chi connectivity index (χ3n) is 4.89. The Balaban J connectivity index is 1.80. The van der Waals surface area contributed by atoms with E-state index in [0.29, 0.717) is 13.2 Å². The standard InChI is InChI=1S/C23H25NO4/c1-3-26-18-10-11-22-20(13-18)21(24-15-19-5-4-12-27-19)14-23(28-22)16-6-8-17(25-2)9-7-16/h6-11,13-14,19H,3-5,12,15H2,1-2H3/t19-/m1/s1. The molecule has 1 aliphatic rings. The van der Waals surface area contributed by atoms with E-state index in [0.717, 1.165) is 58.6 Å². The number of rotatable bonds is 6. The molecule has 0 radical (unpaired) electrons. The number of hydrogen-bond acceptors (Lipinski definition) is 5. The first-order valence-electron chi connectivity index (χ1n) is 9.74. The van der Waals surface area contributed by atoms with E-state index < -0.39 is 0 Å². The van der Waals surface area contributed by atoms with Gasteiger partial charge in [0.15, 0.2) is 0 Å². The van der Waals surface area contributed by atoms with E-state index in [-0.39, 0.29) is 6.10 Å². The molecule has 1 atom stereocenters. The average molecular weight is 379 g/mol. The molecule has 146 valence electrons. The fourth-order valence-electron chi connectivity index (χ4n) is 3.42. The normalized spacial score (nSPS) is 17.2. The molecule has 2 heterocycles. The zero-order valence-corrected chi connectivity index (χ0v) is 16.3. The fourth-order valence-corrected chi connectivity index (χ4v) is 3.42. The predicted octanol–water partition coefficient (Wildman–Crippen LogP) is 4.59. The van der Waals surface area contributed by atoms with Crippen LogP contribution in [0, 0.1) is 0 Å². The quantitative estimate of drug-likeness (QED) is 0.629. The van der Waals surface area contributed by atoms with Crippen molar-refractivity contribution < 1.29 is 18.6 Å². The zero-order valence-electron chi connectivity index (χ0n) is 16.3. The average Bonchev–Trinajstić information content (AvgIpc) is 3.26. The van der Waals surface area contributed by atoms with Gasteiger partial charge in [0.05, 0.1) is 31.7 Å². The summed E-state index contributed by atoms with van der Waals surface area (Å²) in [7, 11) is 1.66. The Hall–Kier alpha value is -2.79. The Kier molecular flexibility index (Phi) is 5.63. The van der Waals surface area contributed by atoms with E-state index in [1.54, 1.807) is 7.11 Å². The molecule has 3 aromatic rings. The molecule has 5 nitrogen and oxygen atoms in total. The maximum atomic E-state index is 6.18. The third-order valence-corrected chi connectivity index (χ3v) is 4.89. The van der Waals surface area contributed by atoms with Crippen LogP contribution in [0.4, 0.5) is 0 Å². The van der Waals surface area contributed by atoms with Crippen molar-refractivity contribution >= 4 is 11.0 Å². The lowest BCUT2D eigenvalue weighted by Crippen LogP contribution is -2.13. The highest BCUT2D eigenvalue weighted by atomic mass is 16.5. The molecule has 0 saturated carbocycles. The number of nitrogens with zero attached hydrogens (tertiary/aromatic N) is 1. The van der Waals surface area contributed by atoms with Gasteiger partial charge in [0.1, 0.15) is 22.8 Å². The van der Waals surface area contributed by atoms with Crippen molar-refractivity contribution in [1.82, 2.24) is 0 Å². The molecule has 0 unspecified atom stereocenters. The summed E-state index contributed by atoms with van der Waals surface area (Å²) in [6.07, 6.45) is 2.37. The minimum atomic E-state index is 0.201. The van der Waals surface area contributed by atoms with E-state index in [2.05, 4.69) is 0 Å². The molecule has 1 fully saturated rings. The maximum absolute atomic E-state index is 6.18. The molecule has 1 aliphatic heterocycles. The lowest BCUT2D eigenvalue weighted by molar-refractivity contribution is 0.117. The van der Waals surface area contributed by atoms with Crippen LogP contribution in [-0.2, 0) is 4.74 Å². The molecular weight excluding hydrogens is 354 g/mol.